The summed E-state index contributed by atoms with van der Waals surface area (Å²) >= 11 is 0. The molecule has 0 spiro atoms. The Hall–Kier alpha value is -4.22. The Kier molecular flexibility index (Phi) is 9.43. The van der Waals surface area contributed by atoms with E-state index >= 15 is 0 Å². The molecule has 0 amide bonds. The molecule has 3 aromatic carbocycles. The van der Waals surface area contributed by atoms with Gasteiger partial charge in [-0.3, -0.25) is 0 Å². The van der Waals surface area contributed by atoms with Crippen molar-refractivity contribution >= 4 is 35.3 Å². The molecule has 0 saturated heterocycles. The molecular weight excluding hydrogens is 831 g/mol. The first-order valence-corrected chi connectivity index (χ1v) is 20.8. The van der Waals surface area contributed by atoms with Crippen molar-refractivity contribution in [3.63, 3.8) is 0 Å². The Balaban J connectivity index is 0.000000248. The molecule has 0 aliphatic carbocycles. The SMILES string of the molecule is [2H]C([2H])([2H])c1cnc(-c2[c-]ccc3c2oc2nc(-c4ccccc4)ccc23)cc1C([2H])([2H])C(C)(C)C.[2H]C([2H])(c1cc(-c2[c-]cccc2)ncc1[Si](C)(C)C)C(C)C.[Ir]. The van der Waals surface area contributed by atoms with Crippen LogP contribution in [0.4, 0.5) is 0 Å². The number of nitrogens with zero attached hydrogens (tertiary/aromatic N) is 3. The molecule has 0 aliphatic heterocycles. The largest absolute Gasteiger partial charge is 0.486 e. The third kappa shape index (κ3) is 9.22. The van der Waals surface area contributed by atoms with Crippen molar-refractivity contribution in [3.05, 3.63) is 132 Å². The molecule has 7 aromatic rings. The maximum atomic E-state index is 8.80. The third-order valence-corrected chi connectivity index (χ3v) is 10.2. The van der Waals surface area contributed by atoms with E-state index in [-0.39, 0.29) is 37.2 Å². The van der Waals surface area contributed by atoms with Crippen LogP contribution in [-0.2, 0) is 32.9 Å². The molecule has 4 heterocycles. The van der Waals surface area contributed by atoms with Gasteiger partial charge in [-0.2, -0.15) is 0 Å². The van der Waals surface area contributed by atoms with Gasteiger partial charge >= 0.3 is 0 Å². The molecule has 52 heavy (non-hydrogen) atoms. The number of aryl methyl sites for hydroxylation is 1. The van der Waals surface area contributed by atoms with Crippen molar-refractivity contribution in [1.82, 2.24) is 15.0 Å². The van der Waals surface area contributed by atoms with Crippen molar-refractivity contribution < 1.29 is 34.1 Å². The summed E-state index contributed by atoms with van der Waals surface area (Å²) in [5.74, 6) is -0.0856. The minimum atomic E-state index is -2.51. The Morgan fingerprint density at radius 1 is 0.808 bits per heavy atom. The average molecular weight is 887 g/mol. The van der Waals surface area contributed by atoms with Crippen LogP contribution in [0, 0.1) is 30.3 Å². The molecule has 0 unspecified atom stereocenters. The first-order chi connectivity index (χ1) is 27.0. The summed E-state index contributed by atoms with van der Waals surface area (Å²) in [6.45, 7) is 13.3. The summed E-state index contributed by atoms with van der Waals surface area (Å²) in [6, 6.07) is 34.9. The predicted octanol–water partition coefficient (Wildman–Crippen LogP) is 11.7. The second kappa shape index (κ2) is 16.2. The summed E-state index contributed by atoms with van der Waals surface area (Å²) in [5.41, 5.74) is 5.29. The zero-order chi connectivity index (χ0) is 42.4. The van der Waals surface area contributed by atoms with Crippen LogP contribution in [0.25, 0.3) is 55.8 Å². The fourth-order valence-corrected chi connectivity index (χ4v) is 7.27. The Labute approximate surface area is 334 Å². The van der Waals surface area contributed by atoms with E-state index < -0.39 is 33.1 Å². The van der Waals surface area contributed by atoms with Gasteiger partial charge in [0.05, 0.1) is 19.4 Å². The van der Waals surface area contributed by atoms with Crippen molar-refractivity contribution in [2.24, 2.45) is 11.3 Å². The van der Waals surface area contributed by atoms with Crippen LogP contribution in [0.3, 0.4) is 0 Å². The van der Waals surface area contributed by atoms with Crippen molar-refractivity contribution in [2.45, 2.75) is 73.9 Å². The van der Waals surface area contributed by atoms with E-state index in [1.807, 2.05) is 98.9 Å². The molecule has 0 aliphatic rings. The Morgan fingerprint density at radius 3 is 2.21 bits per heavy atom. The normalized spacial score (nSPS) is 14.5. The van der Waals surface area contributed by atoms with Gasteiger partial charge in [0, 0.05) is 53.0 Å². The van der Waals surface area contributed by atoms with Crippen molar-refractivity contribution in [2.75, 3.05) is 0 Å². The van der Waals surface area contributed by atoms with E-state index in [2.05, 4.69) is 41.7 Å². The zero-order valence-corrected chi connectivity index (χ0v) is 34.4. The first kappa shape index (κ1) is 30.3. The molecule has 269 valence electrons. The molecular formula is C46H49IrN3OSi-2. The van der Waals surface area contributed by atoms with E-state index in [1.54, 1.807) is 26.8 Å². The van der Waals surface area contributed by atoms with Gasteiger partial charge in [-0.15, -0.1) is 54.1 Å². The molecule has 0 bridgehead atoms. The number of hydrogen-bond acceptors (Lipinski definition) is 4. The van der Waals surface area contributed by atoms with E-state index in [0.29, 0.717) is 22.6 Å². The molecule has 1 radical (unpaired) electrons. The second-order valence-corrected chi connectivity index (χ2v) is 20.1. The quantitative estimate of drug-likeness (QED) is 0.118. The fourth-order valence-electron chi connectivity index (χ4n) is 5.87. The van der Waals surface area contributed by atoms with E-state index in [0.717, 1.165) is 44.0 Å². The molecule has 0 atom stereocenters. The minimum Gasteiger partial charge on any atom is -0.486 e. The molecule has 7 rings (SSSR count). The molecule has 6 heteroatoms. The van der Waals surface area contributed by atoms with Gasteiger partial charge in [-0.1, -0.05) is 119 Å². The monoisotopic (exact) mass is 887 g/mol. The fraction of sp³-hybridized carbons (Fsp3) is 0.283. The van der Waals surface area contributed by atoms with Gasteiger partial charge in [0.2, 0.25) is 5.71 Å². The number of rotatable bonds is 7. The van der Waals surface area contributed by atoms with Crippen LogP contribution in [0.15, 0.2) is 108 Å². The third-order valence-electron chi connectivity index (χ3n) is 8.18. The zero-order valence-electron chi connectivity index (χ0n) is 38.0. The predicted molar refractivity (Wildman–Crippen MR) is 217 cm³/mol. The number of pyridine rings is 3. The smallest absolute Gasteiger partial charge is 0.216 e. The van der Waals surface area contributed by atoms with E-state index in [4.69, 9.17) is 19.0 Å². The maximum Gasteiger partial charge on any atom is 0.216 e. The number of furan rings is 1. The van der Waals surface area contributed by atoms with Crippen molar-refractivity contribution in [3.8, 4) is 33.8 Å². The average Bonchev–Trinajstić information content (AvgIpc) is 3.55. The van der Waals surface area contributed by atoms with Crippen molar-refractivity contribution in [1.29, 1.82) is 0 Å². The summed E-state index contributed by atoms with van der Waals surface area (Å²) < 4.78 is 64.8. The first-order valence-electron chi connectivity index (χ1n) is 20.8. The van der Waals surface area contributed by atoms with Crippen LogP contribution >= 0.6 is 0 Å². The van der Waals surface area contributed by atoms with E-state index in [9.17, 15) is 0 Å². The topological polar surface area (TPSA) is 51.8 Å². The molecule has 0 fully saturated rings. The van der Waals surface area contributed by atoms with Crippen LogP contribution in [-0.4, -0.2) is 23.0 Å². The molecule has 4 nitrogen and oxygen atoms in total. The van der Waals surface area contributed by atoms with Crippen LogP contribution in [0.5, 0.6) is 0 Å². The van der Waals surface area contributed by atoms with Gasteiger partial charge in [0.1, 0.15) is 0 Å². The van der Waals surface area contributed by atoms with Gasteiger partial charge in [-0.05, 0) is 65.2 Å². The van der Waals surface area contributed by atoms with Gasteiger partial charge in [0.15, 0.2) is 0 Å². The molecule has 0 N–H and O–H groups in total. The van der Waals surface area contributed by atoms with Crippen LogP contribution in [0.1, 0.15) is 60.9 Å². The van der Waals surface area contributed by atoms with E-state index in [1.165, 1.54) is 12.3 Å². The summed E-state index contributed by atoms with van der Waals surface area (Å²) in [4.78, 5) is 13.7. The summed E-state index contributed by atoms with van der Waals surface area (Å²) in [5, 5.41) is 2.77. The second-order valence-electron chi connectivity index (χ2n) is 15.0. The minimum absolute atomic E-state index is 0. The summed E-state index contributed by atoms with van der Waals surface area (Å²) in [6.07, 6.45) is -0.148. The van der Waals surface area contributed by atoms with Crippen LogP contribution in [0.2, 0.25) is 19.6 Å². The number of benzene rings is 3. The number of fused-ring (bicyclic) bond motifs is 3. The number of aromatic nitrogens is 3. The van der Waals surface area contributed by atoms with Crippen LogP contribution < -0.4 is 5.19 Å². The summed E-state index contributed by atoms with van der Waals surface area (Å²) in [7, 11) is -1.67. The van der Waals surface area contributed by atoms with Gasteiger partial charge < -0.3 is 14.4 Å². The Morgan fingerprint density at radius 2 is 1.54 bits per heavy atom. The maximum absolute atomic E-state index is 8.80. The molecule has 4 aromatic heterocycles. The number of hydrogen-bond donors (Lipinski definition) is 0. The van der Waals surface area contributed by atoms with Gasteiger partial charge in [0.25, 0.3) is 0 Å². The Bertz CT molecular complexity index is 2560. The van der Waals surface area contributed by atoms with Gasteiger partial charge in [-0.25, -0.2) is 4.98 Å². The standard InChI is InChI=1S/C28H25N2O.C18H24NSi.Ir/c1-18-17-29-25(15-20(18)16-28(2,3)4)23-12-8-11-21-22-13-14-24(19-9-6-5-7-10-19)30-27(22)31-26(21)23;1-14(2)11-16-12-17(15-9-7-6-8-10-15)19-13-18(16)20(3,4)5;/h5-11,13-15,17H,16H2,1-4H3;6-9,12-14H,11H2,1-5H3;/q2*-1;/i1D3,16D2;11D2;. The molecule has 0 saturated carbocycles.